The van der Waals surface area contributed by atoms with Crippen LogP contribution in [0.25, 0.3) is 10.2 Å². The third-order valence-electron chi connectivity index (χ3n) is 2.70. The minimum atomic E-state index is 0.577. The molecule has 0 fully saturated rings. The number of fused-ring (bicyclic) bond motifs is 1. The lowest BCUT2D eigenvalue weighted by Crippen LogP contribution is -1.90. The average molecular weight is 291 g/mol. The van der Waals surface area contributed by atoms with Crippen LogP contribution in [0.15, 0.2) is 42.5 Å². The lowest BCUT2D eigenvalue weighted by Gasteiger charge is -2.06. The summed E-state index contributed by atoms with van der Waals surface area (Å²) in [7, 11) is 1.60. The number of benzene rings is 2. The van der Waals surface area contributed by atoms with Crippen molar-refractivity contribution in [3.8, 4) is 5.75 Å². The summed E-state index contributed by atoms with van der Waals surface area (Å²) in [5.74, 6) is 0.663. The fraction of sp³-hybridized carbons (Fsp3) is 0.0714. The van der Waals surface area contributed by atoms with Crippen molar-refractivity contribution in [2.45, 2.75) is 0 Å². The van der Waals surface area contributed by atoms with Crippen molar-refractivity contribution in [1.29, 1.82) is 0 Å². The van der Waals surface area contributed by atoms with Crippen LogP contribution in [0.1, 0.15) is 0 Å². The predicted molar refractivity (Wildman–Crippen MR) is 80.9 cm³/mol. The van der Waals surface area contributed by atoms with Crippen LogP contribution < -0.4 is 10.1 Å². The molecule has 1 heterocycles. The van der Waals surface area contributed by atoms with Crippen LogP contribution in [0.2, 0.25) is 5.02 Å². The van der Waals surface area contributed by atoms with Crippen LogP contribution in [0.5, 0.6) is 5.75 Å². The first-order valence-electron chi connectivity index (χ1n) is 5.72. The van der Waals surface area contributed by atoms with E-state index in [0.717, 1.165) is 21.0 Å². The number of nitrogens with zero attached hydrogens (tertiary/aromatic N) is 1. The minimum Gasteiger partial charge on any atom is -0.495 e. The molecule has 3 nitrogen and oxygen atoms in total. The number of methoxy groups -OCH3 is 1. The Hall–Kier alpha value is -1.78. The standard InChI is InChI=1S/C14H11ClN2OS/c1-18-12-7-6-9(8-10(12)15)16-14-17-11-4-2-3-5-13(11)19-14/h2-8H,1H3,(H,16,17). The minimum absolute atomic E-state index is 0.577. The lowest BCUT2D eigenvalue weighted by atomic mass is 10.3. The van der Waals surface area contributed by atoms with Gasteiger partial charge in [-0.2, -0.15) is 0 Å². The summed E-state index contributed by atoms with van der Waals surface area (Å²) in [6.07, 6.45) is 0. The monoisotopic (exact) mass is 290 g/mol. The van der Waals surface area contributed by atoms with Crippen molar-refractivity contribution in [1.82, 2.24) is 4.98 Å². The van der Waals surface area contributed by atoms with Crippen LogP contribution in [0, 0.1) is 0 Å². The van der Waals surface area contributed by atoms with E-state index in [2.05, 4.69) is 16.4 Å². The molecule has 19 heavy (non-hydrogen) atoms. The summed E-state index contributed by atoms with van der Waals surface area (Å²) in [5, 5.41) is 4.68. The molecule has 0 saturated carbocycles. The highest BCUT2D eigenvalue weighted by Crippen LogP contribution is 2.31. The number of thiazole rings is 1. The highest BCUT2D eigenvalue weighted by Gasteiger charge is 2.05. The van der Waals surface area contributed by atoms with Crippen molar-refractivity contribution < 1.29 is 4.74 Å². The Balaban J connectivity index is 1.90. The maximum Gasteiger partial charge on any atom is 0.188 e. The Morgan fingerprint density at radius 1 is 1.21 bits per heavy atom. The van der Waals surface area contributed by atoms with Crippen molar-refractivity contribution in [2.75, 3.05) is 12.4 Å². The van der Waals surface area contributed by atoms with Crippen molar-refractivity contribution in [3.05, 3.63) is 47.5 Å². The first-order valence-corrected chi connectivity index (χ1v) is 6.92. The van der Waals surface area contributed by atoms with Crippen LogP contribution in [0.4, 0.5) is 10.8 Å². The molecule has 96 valence electrons. The second kappa shape index (κ2) is 5.07. The highest BCUT2D eigenvalue weighted by molar-refractivity contribution is 7.22. The molecule has 0 spiro atoms. The summed E-state index contributed by atoms with van der Waals surface area (Å²) in [5.41, 5.74) is 1.89. The largest absolute Gasteiger partial charge is 0.495 e. The van der Waals surface area contributed by atoms with Crippen LogP contribution in [0.3, 0.4) is 0 Å². The number of rotatable bonds is 3. The molecule has 2 aromatic carbocycles. The Morgan fingerprint density at radius 2 is 2.05 bits per heavy atom. The van der Waals surface area contributed by atoms with Crippen molar-refractivity contribution in [3.63, 3.8) is 0 Å². The normalized spacial score (nSPS) is 10.6. The van der Waals surface area contributed by atoms with Gasteiger partial charge in [-0.3, -0.25) is 0 Å². The molecule has 0 bridgehead atoms. The molecule has 3 rings (SSSR count). The first-order chi connectivity index (χ1) is 9.26. The van der Waals surface area contributed by atoms with E-state index in [1.54, 1.807) is 18.4 Å². The van der Waals surface area contributed by atoms with Crippen molar-refractivity contribution in [2.24, 2.45) is 0 Å². The molecular formula is C14H11ClN2OS. The Kier molecular flexibility index (Phi) is 3.27. The molecule has 0 aliphatic heterocycles. The zero-order chi connectivity index (χ0) is 13.2. The summed E-state index contributed by atoms with van der Waals surface area (Å²) in [6.45, 7) is 0. The molecule has 0 aliphatic rings. The number of anilines is 2. The number of aromatic nitrogens is 1. The summed E-state index contributed by atoms with van der Waals surface area (Å²) >= 11 is 7.70. The predicted octanol–water partition coefficient (Wildman–Crippen LogP) is 4.70. The van der Waals surface area contributed by atoms with Gasteiger partial charge in [0.05, 0.1) is 22.3 Å². The molecule has 1 N–H and O–H groups in total. The molecule has 5 heteroatoms. The Morgan fingerprint density at radius 3 is 2.79 bits per heavy atom. The smallest absolute Gasteiger partial charge is 0.188 e. The number of nitrogens with one attached hydrogen (secondary N) is 1. The molecule has 0 unspecified atom stereocenters. The SMILES string of the molecule is COc1ccc(Nc2nc3ccccc3s2)cc1Cl. The second-order valence-corrected chi connectivity index (χ2v) is 5.40. The molecule has 0 aliphatic carbocycles. The Labute approximate surface area is 119 Å². The zero-order valence-electron chi connectivity index (χ0n) is 10.2. The molecule has 0 amide bonds. The maximum atomic E-state index is 6.09. The van der Waals surface area contributed by atoms with E-state index >= 15 is 0 Å². The molecule has 3 aromatic rings. The van der Waals surface area contributed by atoms with Crippen LogP contribution >= 0.6 is 22.9 Å². The fourth-order valence-electron chi connectivity index (χ4n) is 1.79. The number of para-hydroxylation sites is 1. The molecule has 0 saturated heterocycles. The maximum absolute atomic E-state index is 6.09. The third kappa shape index (κ3) is 2.50. The van der Waals surface area contributed by atoms with Gasteiger partial charge in [-0.25, -0.2) is 4.98 Å². The second-order valence-electron chi connectivity index (χ2n) is 3.96. The Bertz CT molecular complexity index is 693. The lowest BCUT2D eigenvalue weighted by molar-refractivity contribution is 0.415. The number of halogens is 1. The first kappa shape index (κ1) is 12.3. The van der Waals surface area contributed by atoms with Crippen LogP contribution in [-0.4, -0.2) is 12.1 Å². The number of hydrogen-bond donors (Lipinski definition) is 1. The summed E-state index contributed by atoms with van der Waals surface area (Å²) in [4.78, 5) is 4.51. The van der Waals surface area contributed by atoms with E-state index in [1.165, 1.54) is 0 Å². The van der Waals surface area contributed by atoms with Gasteiger partial charge in [-0.15, -0.1) is 0 Å². The van der Waals surface area contributed by atoms with E-state index < -0.39 is 0 Å². The highest BCUT2D eigenvalue weighted by atomic mass is 35.5. The number of ether oxygens (including phenoxy) is 1. The van der Waals surface area contributed by atoms with E-state index in [-0.39, 0.29) is 0 Å². The van der Waals surface area contributed by atoms with E-state index in [9.17, 15) is 0 Å². The molecule has 0 atom stereocenters. The van der Waals surface area contributed by atoms with Crippen molar-refractivity contribution >= 4 is 44.0 Å². The third-order valence-corrected chi connectivity index (χ3v) is 3.94. The molecule has 0 radical (unpaired) electrons. The quantitative estimate of drug-likeness (QED) is 0.759. The fourth-order valence-corrected chi connectivity index (χ4v) is 2.94. The zero-order valence-corrected chi connectivity index (χ0v) is 11.8. The topological polar surface area (TPSA) is 34.1 Å². The van der Waals surface area contributed by atoms with E-state index in [1.807, 2.05) is 36.4 Å². The van der Waals surface area contributed by atoms with Gasteiger partial charge >= 0.3 is 0 Å². The van der Waals surface area contributed by atoms with Gasteiger partial charge in [0.2, 0.25) is 0 Å². The van der Waals surface area contributed by atoms with Gasteiger partial charge in [-0.05, 0) is 30.3 Å². The summed E-state index contributed by atoms with van der Waals surface area (Å²) < 4.78 is 6.28. The van der Waals surface area contributed by atoms with Gasteiger partial charge in [0, 0.05) is 5.69 Å². The van der Waals surface area contributed by atoms with E-state index in [0.29, 0.717) is 10.8 Å². The molecule has 1 aromatic heterocycles. The summed E-state index contributed by atoms with van der Waals surface area (Å²) in [6, 6.07) is 13.6. The van der Waals surface area contributed by atoms with Gasteiger partial charge in [0.25, 0.3) is 0 Å². The van der Waals surface area contributed by atoms with Gasteiger partial charge < -0.3 is 10.1 Å². The average Bonchev–Trinajstić information content (AvgIpc) is 2.81. The number of hydrogen-bond acceptors (Lipinski definition) is 4. The van der Waals surface area contributed by atoms with Crippen LogP contribution in [-0.2, 0) is 0 Å². The van der Waals surface area contributed by atoms with Gasteiger partial charge in [0.1, 0.15) is 5.75 Å². The van der Waals surface area contributed by atoms with Gasteiger partial charge in [-0.1, -0.05) is 35.1 Å². The van der Waals surface area contributed by atoms with E-state index in [4.69, 9.17) is 16.3 Å². The molecular weight excluding hydrogens is 280 g/mol. The van der Waals surface area contributed by atoms with Gasteiger partial charge in [0.15, 0.2) is 5.13 Å².